The third-order valence-corrected chi connectivity index (χ3v) is 5.35. The van der Waals surface area contributed by atoms with Crippen molar-refractivity contribution in [2.24, 2.45) is 0 Å². The molecule has 6 nitrogen and oxygen atoms in total. The van der Waals surface area contributed by atoms with Gasteiger partial charge in [-0.25, -0.2) is 4.39 Å². The van der Waals surface area contributed by atoms with Crippen LogP contribution in [-0.2, 0) is 23.7 Å². The topological polar surface area (TPSA) is 84.9 Å². The van der Waals surface area contributed by atoms with Gasteiger partial charge in [-0.3, -0.25) is 9.36 Å². The van der Waals surface area contributed by atoms with Crippen molar-refractivity contribution in [2.45, 2.75) is 19.2 Å². The first-order valence-corrected chi connectivity index (χ1v) is 7.66. The van der Waals surface area contributed by atoms with Crippen LogP contribution in [0.3, 0.4) is 0 Å². The summed E-state index contributed by atoms with van der Waals surface area (Å²) in [4.78, 5) is 12.0. The van der Waals surface area contributed by atoms with Crippen LogP contribution in [0.5, 0.6) is 0 Å². The van der Waals surface area contributed by atoms with Gasteiger partial charge in [0.2, 0.25) is 0 Å². The van der Waals surface area contributed by atoms with Crippen molar-refractivity contribution in [2.75, 3.05) is 18.5 Å². The van der Waals surface area contributed by atoms with E-state index in [0.717, 1.165) is 12.1 Å². The first-order valence-electron chi connectivity index (χ1n) is 6.12. The van der Waals surface area contributed by atoms with E-state index in [1.807, 2.05) is 0 Å². The average molecular weight is 303 g/mol. The zero-order valence-electron chi connectivity index (χ0n) is 11.1. The Labute approximate surface area is 115 Å². The summed E-state index contributed by atoms with van der Waals surface area (Å²) in [6.45, 7) is 3.04. The number of halogens is 1. The third kappa shape index (κ3) is 2.07. The highest BCUT2D eigenvalue weighted by molar-refractivity contribution is 7.56. The Morgan fingerprint density at radius 3 is 2.50 bits per heavy atom. The van der Waals surface area contributed by atoms with E-state index in [4.69, 9.17) is 9.05 Å². The maximum absolute atomic E-state index is 13.4. The number of anilines is 1. The van der Waals surface area contributed by atoms with Gasteiger partial charge < -0.3 is 19.5 Å². The first-order chi connectivity index (χ1) is 9.39. The molecule has 0 radical (unpaired) electrons. The zero-order chi connectivity index (χ0) is 15.0. The van der Waals surface area contributed by atoms with Crippen molar-refractivity contribution >= 4 is 19.2 Å². The molecule has 0 fully saturated rings. The minimum absolute atomic E-state index is 0.0302. The van der Waals surface area contributed by atoms with Gasteiger partial charge >= 0.3 is 7.60 Å². The summed E-state index contributed by atoms with van der Waals surface area (Å²) in [6, 6.07) is 3.35. The summed E-state index contributed by atoms with van der Waals surface area (Å²) in [7, 11) is -4.21. The van der Waals surface area contributed by atoms with E-state index in [0.29, 0.717) is 0 Å². The number of hydrogen-bond acceptors (Lipinski definition) is 5. The standard InChI is InChI=1S/C12H15FNO5P/c1-3-18-20(17,19-4-2)12(16)9-7-8(13)5-6-10(9)14-11(12)15/h5-7,16H,3-4H2,1-2H3,(H,14,15)/t12-/m1/s1. The van der Waals surface area contributed by atoms with Crippen LogP contribution >= 0.6 is 7.60 Å². The number of benzene rings is 1. The quantitative estimate of drug-likeness (QED) is 0.814. The molecule has 1 aliphatic rings. The molecule has 0 spiro atoms. The van der Waals surface area contributed by atoms with Crippen LogP contribution in [-0.4, -0.2) is 24.2 Å². The molecule has 0 saturated heterocycles. The number of fused-ring (bicyclic) bond motifs is 1. The maximum atomic E-state index is 13.4. The lowest BCUT2D eigenvalue weighted by atomic mass is 10.1. The number of nitrogens with one attached hydrogen (secondary N) is 1. The molecule has 1 aliphatic heterocycles. The van der Waals surface area contributed by atoms with Gasteiger partial charge in [-0.15, -0.1) is 0 Å². The number of aliphatic hydroxyl groups is 1. The van der Waals surface area contributed by atoms with Gasteiger partial charge in [-0.1, -0.05) is 0 Å². The summed E-state index contributed by atoms with van der Waals surface area (Å²) in [5.74, 6) is -1.62. The van der Waals surface area contributed by atoms with Gasteiger partial charge in [0.1, 0.15) is 5.82 Å². The molecule has 8 heteroatoms. The summed E-state index contributed by atoms with van der Waals surface area (Å²) < 4.78 is 36.2. The Kier molecular flexibility index (Phi) is 3.97. The van der Waals surface area contributed by atoms with Gasteiger partial charge in [-0.05, 0) is 32.0 Å². The smallest absolute Gasteiger partial charge is 0.366 e. The number of carbonyl (C=O) groups is 1. The molecule has 1 atom stereocenters. The minimum Gasteiger partial charge on any atom is -0.366 e. The van der Waals surface area contributed by atoms with Gasteiger partial charge in [0.25, 0.3) is 11.2 Å². The molecular formula is C12H15FNO5P. The highest BCUT2D eigenvalue weighted by Crippen LogP contribution is 2.66. The first kappa shape index (κ1) is 15.1. The van der Waals surface area contributed by atoms with Gasteiger partial charge in [0, 0.05) is 11.3 Å². The van der Waals surface area contributed by atoms with Crippen molar-refractivity contribution in [1.29, 1.82) is 0 Å². The van der Waals surface area contributed by atoms with Crippen molar-refractivity contribution in [1.82, 2.24) is 0 Å². The average Bonchev–Trinajstić information content (AvgIpc) is 2.64. The van der Waals surface area contributed by atoms with Crippen molar-refractivity contribution in [3.63, 3.8) is 0 Å². The Balaban J connectivity index is 2.61. The van der Waals surface area contributed by atoms with Gasteiger partial charge in [-0.2, -0.15) is 0 Å². The highest BCUT2D eigenvalue weighted by Gasteiger charge is 2.61. The molecule has 0 aromatic heterocycles. The second-order valence-corrected chi connectivity index (χ2v) is 6.31. The molecule has 0 unspecified atom stereocenters. The Bertz CT molecular complexity index is 583. The van der Waals surface area contributed by atoms with Gasteiger partial charge in [0.05, 0.1) is 13.2 Å². The van der Waals surface area contributed by atoms with Crippen LogP contribution in [0.25, 0.3) is 0 Å². The molecular weight excluding hydrogens is 288 g/mol. The molecule has 2 N–H and O–H groups in total. The summed E-state index contributed by atoms with van der Waals surface area (Å²) in [6.07, 6.45) is 0. The van der Waals surface area contributed by atoms with Crippen LogP contribution in [0.2, 0.25) is 0 Å². The fraction of sp³-hybridized carbons (Fsp3) is 0.417. The van der Waals surface area contributed by atoms with E-state index in [9.17, 15) is 18.9 Å². The monoisotopic (exact) mass is 303 g/mol. The van der Waals surface area contributed by atoms with Crippen LogP contribution in [0, 0.1) is 5.82 Å². The lowest BCUT2D eigenvalue weighted by Gasteiger charge is -2.29. The lowest BCUT2D eigenvalue weighted by molar-refractivity contribution is -0.128. The van der Waals surface area contributed by atoms with Crippen molar-refractivity contribution in [3.05, 3.63) is 29.6 Å². The van der Waals surface area contributed by atoms with E-state index < -0.39 is 24.7 Å². The van der Waals surface area contributed by atoms with E-state index in [1.54, 1.807) is 13.8 Å². The maximum Gasteiger partial charge on any atom is 0.376 e. The highest BCUT2D eigenvalue weighted by atomic mass is 31.2. The molecule has 1 aromatic rings. The van der Waals surface area contributed by atoms with Crippen LogP contribution in [0.1, 0.15) is 19.4 Å². The lowest BCUT2D eigenvalue weighted by Crippen LogP contribution is -2.35. The van der Waals surface area contributed by atoms with E-state index in [-0.39, 0.29) is 24.5 Å². The van der Waals surface area contributed by atoms with Crippen LogP contribution < -0.4 is 5.32 Å². The Morgan fingerprint density at radius 1 is 1.35 bits per heavy atom. The van der Waals surface area contributed by atoms with Crippen LogP contribution in [0.4, 0.5) is 10.1 Å². The molecule has 0 saturated carbocycles. The fourth-order valence-corrected chi connectivity index (χ4v) is 3.99. The molecule has 1 amide bonds. The van der Waals surface area contributed by atoms with Crippen LogP contribution in [0.15, 0.2) is 18.2 Å². The molecule has 110 valence electrons. The minimum atomic E-state index is -4.21. The molecule has 1 aromatic carbocycles. The molecule has 1 heterocycles. The number of hydrogen-bond donors (Lipinski definition) is 2. The molecule has 2 rings (SSSR count). The summed E-state index contributed by atoms with van der Waals surface area (Å²) in [5, 5.41) is 10.4. The zero-order valence-corrected chi connectivity index (χ0v) is 11.9. The van der Waals surface area contributed by atoms with Crippen molar-refractivity contribution < 1.29 is 27.9 Å². The van der Waals surface area contributed by atoms with E-state index in [2.05, 4.69) is 5.32 Å². The molecule has 0 aliphatic carbocycles. The summed E-state index contributed by atoms with van der Waals surface area (Å²) in [5.41, 5.74) is 0.0336. The second-order valence-electron chi connectivity index (χ2n) is 4.15. The fourth-order valence-electron chi connectivity index (χ4n) is 2.08. The number of carbonyl (C=O) groups excluding carboxylic acids is 1. The number of rotatable bonds is 5. The SMILES string of the molecule is CCOP(=O)(OCC)[C@@]1(O)C(=O)Nc2ccc(F)cc21. The third-order valence-electron chi connectivity index (χ3n) is 2.92. The predicted molar refractivity (Wildman–Crippen MR) is 69.8 cm³/mol. The molecule has 20 heavy (non-hydrogen) atoms. The normalized spacial score (nSPS) is 21.7. The number of amides is 1. The largest absolute Gasteiger partial charge is 0.376 e. The Hall–Kier alpha value is -1.27. The van der Waals surface area contributed by atoms with E-state index >= 15 is 0 Å². The van der Waals surface area contributed by atoms with Crippen molar-refractivity contribution in [3.8, 4) is 0 Å². The molecule has 0 bridgehead atoms. The second kappa shape index (κ2) is 5.26. The van der Waals surface area contributed by atoms with Gasteiger partial charge in [0.15, 0.2) is 0 Å². The Morgan fingerprint density at radius 2 is 1.95 bits per heavy atom. The summed E-state index contributed by atoms with van der Waals surface area (Å²) >= 11 is 0. The predicted octanol–water partition coefficient (Wildman–Crippen LogP) is 2.19. The van der Waals surface area contributed by atoms with E-state index in [1.165, 1.54) is 6.07 Å².